The molecule has 0 bridgehead atoms. The van der Waals surface area contributed by atoms with Crippen molar-refractivity contribution < 1.29 is 18.3 Å². The highest BCUT2D eigenvalue weighted by molar-refractivity contribution is 9.11. The zero-order valence-corrected chi connectivity index (χ0v) is 13.3. The van der Waals surface area contributed by atoms with Gasteiger partial charge in [0.25, 0.3) is 0 Å². The zero-order valence-electron chi connectivity index (χ0n) is 9.35. The van der Waals surface area contributed by atoms with Gasteiger partial charge in [0.05, 0.1) is 4.90 Å². The number of carbonyl (C=O) groups is 1. The quantitative estimate of drug-likeness (QED) is 0.794. The Kier molecular flexibility index (Phi) is 5.32. The molecule has 0 aromatic heterocycles. The molecule has 0 aliphatic rings. The maximum absolute atomic E-state index is 12.0. The molecule has 1 atom stereocenters. The highest BCUT2D eigenvalue weighted by Crippen LogP contribution is 2.25. The van der Waals surface area contributed by atoms with E-state index in [4.69, 9.17) is 5.11 Å². The fourth-order valence-electron chi connectivity index (χ4n) is 1.25. The summed E-state index contributed by atoms with van der Waals surface area (Å²) in [5, 5.41) is 8.85. The summed E-state index contributed by atoms with van der Waals surface area (Å²) in [5.41, 5.74) is 0. The van der Waals surface area contributed by atoms with Crippen molar-refractivity contribution >= 4 is 47.9 Å². The molecule has 0 aliphatic carbocycles. The summed E-state index contributed by atoms with van der Waals surface area (Å²) in [7, 11) is -3.86. The summed E-state index contributed by atoms with van der Waals surface area (Å²) in [4.78, 5) is 10.8. The largest absolute Gasteiger partial charge is 0.480 e. The Morgan fingerprint density at radius 2 is 2.06 bits per heavy atom. The van der Waals surface area contributed by atoms with Gasteiger partial charge in [-0.15, -0.1) is 0 Å². The fraction of sp³-hybridized carbons (Fsp3) is 0.300. The summed E-state index contributed by atoms with van der Waals surface area (Å²) < 4.78 is 27.3. The number of rotatable bonds is 5. The first-order chi connectivity index (χ1) is 8.27. The van der Waals surface area contributed by atoms with E-state index < -0.39 is 22.0 Å². The number of nitrogens with one attached hydrogen (secondary N) is 1. The third kappa shape index (κ3) is 3.78. The van der Waals surface area contributed by atoms with E-state index >= 15 is 0 Å². The second kappa shape index (κ2) is 6.14. The molecule has 1 rings (SSSR count). The summed E-state index contributed by atoms with van der Waals surface area (Å²) >= 11 is 6.35. The highest BCUT2D eigenvalue weighted by atomic mass is 79.9. The van der Waals surface area contributed by atoms with Gasteiger partial charge in [0.2, 0.25) is 10.0 Å². The lowest BCUT2D eigenvalue weighted by atomic mass is 10.2. The Bertz CT molecular complexity index is 559. The van der Waals surface area contributed by atoms with Gasteiger partial charge in [0.15, 0.2) is 0 Å². The van der Waals surface area contributed by atoms with Gasteiger partial charge in [0.1, 0.15) is 6.04 Å². The lowest BCUT2D eigenvalue weighted by Crippen LogP contribution is -2.40. The van der Waals surface area contributed by atoms with Crippen LogP contribution in [0.25, 0.3) is 0 Å². The van der Waals surface area contributed by atoms with Gasteiger partial charge < -0.3 is 5.11 Å². The summed E-state index contributed by atoms with van der Waals surface area (Å²) in [6.45, 7) is 1.60. The predicted octanol–water partition coefficient (Wildman–Crippen LogP) is 2.35. The van der Waals surface area contributed by atoms with E-state index in [1.807, 2.05) is 0 Å². The van der Waals surface area contributed by atoms with Gasteiger partial charge in [-0.1, -0.05) is 22.9 Å². The van der Waals surface area contributed by atoms with Gasteiger partial charge >= 0.3 is 5.97 Å². The fourth-order valence-corrected chi connectivity index (χ4v) is 4.27. The first-order valence-corrected chi connectivity index (χ1v) is 8.05. The van der Waals surface area contributed by atoms with Crippen molar-refractivity contribution in [3.63, 3.8) is 0 Å². The van der Waals surface area contributed by atoms with Crippen LogP contribution in [0.4, 0.5) is 0 Å². The van der Waals surface area contributed by atoms with Crippen LogP contribution in [-0.2, 0) is 14.8 Å². The third-order valence-corrected chi connectivity index (χ3v) is 5.13. The number of sulfonamides is 1. The maximum atomic E-state index is 12.0. The smallest absolute Gasteiger partial charge is 0.321 e. The van der Waals surface area contributed by atoms with Crippen LogP contribution in [0.5, 0.6) is 0 Å². The van der Waals surface area contributed by atoms with Crippen molar-refractivity contribution in [1.29, 1.82) is 0 Å². The Labute approximate surface area is 122 Å². The molecule has 0 spiro atoms. The number of halogens is 2. The topological polar surface area (TPSA) is 83.5 Å². The van der Waals surface area contributed by atoms with Crippen LogP contribution in [-0.4, -0.2) is 25.5 Å². The molecule has 1 aromatic rings. The number of hydrogen-bond acceptors (Lipinski definition) is 3. The van der Waals surface area contributed by atoms with Crippen molar-refractivity contribution in [3.8, 4) is 0 Å². The molecule has 0 heterocycles. The first kappa shape index (κ1) is 15.6. The Hall–Kier alpha value is -0.440. The zero-order chi connectivity index (χ0) is 13.9. The minimum Gasteiger partial charge on any atom is -0.480 e. The number of carboxylic acid groups (broad SMARTS) is 1. The van der Waals surface area contributed by atoms with Crippen molar-refractivity contribution in [2.45, 2.75) is 24.3 Å². The molecule has 1 aromatic carbocycles. The van der Waals surface area contributed by atoms with E-state index in [2.05, 4.69) is 36.6 Å². The average molecular weight is 401 g/mol. The second-order valence-corrected chi connectivity index (χ2v) is 6.95. The van der Waals surface area contributed by atoms with Crippen molar-refractivity contribution in [2.24, 2.45) is 0 Å². The Morgan fingerprint density at radius 3 is 2.50 bits per heavy atom. The minimum atomic E-state index is -3.86. The van der Waals surface area contributed by atoms with Gasteiger partial charge in [-0.3, -0.25) is 4.79 Å². The standard InChI is InChI=1S/C10H11Br2NO4S/c1-2-8(10(14)15)13-18(16,17)9-4-3-6(11)5-7(9)12/h3-5,8,13H,2H2,1H3,(H,14,15)/t8-/m0/s1. The number of carboxylic acids is 1. The number of aliphatic carboxylic acids is 1. The molecule has 0 amide bonds. The van der Waals surface area contributed by atoms with Crippen molar-refractivity contribution in [2.75, 3.05) is 0 Å². The maximum Gasteiger partial charge on any atom is 0.321 e. The van der Waals surface area contributed by atoms with Gasteiger partial charge in [-0.05, 0) is 40.5 Å². The Morgan fingerprint density at radius 1 is 1.44 bits per heavy atom. The lowest BCUT2D eigenvalue weighted by molar-refractivity contribution is -0.139. The predicted molar refractivity (Wildman–Crippen MR) is 73.9 cm³/mol. The lowest BCUT2D eigenvalue weighted by Gasteiger charge is -2.13. The molecule has 0 saturated heterocycles. The van der Waals surface area contributed by atoms with Crippen LogP contribution in [0.15, 0.2) is 32.0 Å². The van der Waals surface area contributed by atoms with Crippen molar-refractivity contribution in [3.05, 3.63) is 27.1 Å². The SMILES string of the molecule is CC[C@H](NS(=O)(=O)c1ccc(Br)cc1Br)C(=O)O. The molecular weight excluding hydrogens is 390 g/mol. The summed E-state index contributed by atoms with van der Waals surface area (Å²) in [6.07, 6.45) is 0.169. The summed E-state index contributed by atoms with van der Waals surface area (Å²) in [6, 6.07) is 3.41. The minimum absolute atomic E-state index is 0.00500. The van der Waals surface area contributed by atoms with Crippen LogP contribution in [0.2, 0.25) is 0 Å². The van der Waals surface area contributed by atoms with Gasteiger partial charge in [-0.25, -0.2) is 8.42 Å². The van der Waals surface area contributed by atoms with Crippen LogP contribution in [0.3, 0.4) is 0 Å². The average Bonchev–Trinajstić information content (AvgIpc) is 2.24. The number of benzene rings is 1. The molecule has 2 N–H and O–H groups in total. The molecule has 0 fully saturated rings. The molecule has 0 radical (unpaired) electrons. The number of hydrogen-bond donors (Lipinski definition) is 2. The molecular formula is C10H11Br2NO4S. The van der Waals surface area contributed by atoms with Crippen LogP contribution in [0, 0.1) is 0 Å². The van der Waals surface area contributed by atoms with E-state index in [1.165, 1.54) is 6.07 Å². The highest BCUT2D eigenvalue weighted by Gasteiger charge is 2.25. The Balaban J connectivity index is 3.10. The molecule has 8 heteroatoms. The van der Waals surface area contributed by atoms with Crippen LogP contribution in [0.1, 0.15) is 13.3 Å². The van der Waals surface area contributed by atoms with E-state index in [9.17, 15) is 13.2 Å². The molecule has 18 heavy (non-hydrogen) atoms. The molecule has 100 valence electrons. The monoisotopic (exact) mass is 399 g/mol. The molecule has 0 saturated carbocycles. The molecule has 0 unspecified atom stereocenters. The first-order valence-electron chi connectivity index (χ1n) is 4.98. The van der Waals surface area contributed by atoms with E-state index in [0.29, 0.717) is 4.47 Å². The normalized spacial score (nSPS) is 13.3. The molecule has 0 aliphatic heterocycles. The van der Waals surface area contributed by atoms with Crippen LogP contribution >= 0.6 is 31.9 Å². The van der Waals surface area contributed by atoms with E-state index in [-0.39, 0.29) is 11.3 Å². The van der Waals surface area contributed by atoms with Crippen LogP contribution < -0.4 is 4.72 Å². The van der Waals surface area contributed by atoms with Gasteiger partial charge in [0, 0.05) is 8.95 Å². The van der Waals surface area contributed by atoms with Gasteiger partial charge in [-0.2, -0.15) is 4.72 Å². The second-order valence-electron chi connectivity index (χ2n) is 3.50. The third-order valence-electron chi connectivity index (χ3n) is 2.19. The molecule has 5 nitrogen and oxygen atoms in total. The van der Waals surface area contributed by atoms with E-state index in [1.54, 1.807) is 19.1 Å². The summed E-state index contributed by atoms with van der Waals surface area (Å²) in [5.74, 6) is -1.20. The van der Waals surface area contributed by atoms with E-state index in [0.717, 1.165) is 4.47 Å². The van der Waals surface area contributed by atoms with Crippen molar-refractivity contribution in [1.82, 2.24) is 4.72 Å².